The number of hydrogen-bond donors (Lipinski definition) is 1. The van der Waals surface area contributed by atoms with Gasteiger partial charge in [-0.2, -0.15) is 0 Å². The molecule has 0 saturated carbocycles. The van der Waals surface area contributed by atoms with Crippen molar-refractivity contribution in [2.24, 2.45) is 10.2 Å². The lowest BCUT2D eigenvalue weighted by molar-refractivity contribution is -0.117. The molecule has 25 heavy (non-hydrogen) atoms. The molecule has 1 fully saturated rings. The number of carbonyl (C=O) groups excluding carboxylic acids is 1. The molecule has 0 radical (unpaired) electrons. The van der Waals surface area contributed by atoms with Crippen molar-refractivity contribution < 1.29 is 4.79 Å². The Kier molecular flexibility index (Phi) is 5.81. The maximum absolute atomic E-state index is 12.3. The second kappa shape index (κ2) is 8.46. The van der Waals surface area contributed by atoms with E-state index in [1.807, 2.05) is 30.3 Å². The second-order valence-electron chi connectivity index (χ2n) is 6.06. The van der Waals surface area contributed by atoms with Gasteiger partial charge >= 0.3 is 0 Å². The van der Waals surface area contributed by atoms with Gasteiger partial charge in [-0.05, 0) is 31.3 Å². The van der Waals surface area contributed by atoms with E-state index in [1.54, 1.807) is 18.5 Å². The predicted molar refractivity (Wildman–Crippen MR) is 97.4 cm³/mol. The molecule has 130 valence electrons. The van der Waals surface area contributed by atoms with Gasteiger partial charge in [0.15, 0.2) is 0 Å². The molecule has 0 atom stereocenters. The minimum Gasteiger partial charge on any atom is -0.323 e. The van der Waals surface area contributed by atoms with Gasteiger partial charge in [-0.1, -0.05) is 12.1 Å². The number of aromatic nitrogens is 1. The molecule has 3 rings (SSSR count). The lowest BCUT2D eigenvalue weighted by atomic mass is 10.2. The van der Waals surface area contributed by atoms with Gasteiger partial charge in [-0.3, -0.25) is 14.7 Å². The molecule has 1 aliphatic rings. The molecule has 0 unspecified atom stereocenters. The Bertz CT molecular complexity index is 725. The van der Waals surface area contributed by atoms with Crippen molar-refractivity contribution in [3.63, 3.8) is 0 Å². The van der Waals surface area contributed by atoms with Gasteiger partial charge in [0.25, 0.3) is 0 Å². The zero-order valence-electron chi connectivity index (χ0n) is 14.3. The Morgan fingerprint density at radius 1 is 1.12 bits per heavy atom. The number of benzene rings is 1. The molecular formula is C18H22N6O. The lowest BCUT2D eigenvalue weighted by Crippen LogP contribution is -2.47. The number of carbonyl (C=O) groups is 1. The Morgan fingerprint density at radius 2 is 1.92 bits per heavy atom. The van der Waals surface area contributed by atoms with Crippen LogP contribution in [-0.2, 0) is 4.79 Å². The van der Waals surface area contributed by atoms with Crippen molar-refractivity contribution in [3.8, 4) is 0 Å². The first kappa shape index (κ1) is 17.2. The van der Waals surface area contributed by atoms with Gasteiger partial charge in [0.05, 0.1) is 18.4 Å². The van der Waals surface area contributed by atoms with Crippen molar-refractivity contribution >= 4 is 23.0 Å². The molecule has 1 N–H and O–H groups in total. The molecule has 2 aromatic rings. The summed E-state index contributed by atoms with van der Waals surface area (Å²) in [5, 5.41) is 11.3. The number of azo groups is 1. The van der Waals surface area contributed by atoms with E-state index < -0.39 is 0 Å². The third-order valence-corrected chi connectivity index (χ3v) is 4.06. The van der Waals surface area contributed by atoms with Crippen LogP contribution in [-0.4, -0.2) is 60.5 Å². The standard InChI is InChI=1S/C18H22N6O/c1-23-9-11-24(12-10-23)14-18(25)20-16-6-2-3-7-17(16)22-21-15-5-4-8-19-13-15/h2-8,13H,9-12,14H2,1H3,(H,20,25). The number of pyridine rings is 1. The Hall–Kier alpha value is -2.64. The Labute approximate surface area is 147 Å². The van der Waals surface area contributed by atoms with Gasteiger partial charge in [-0.25, -0.2) is 0 Å². The molecule has 7 heteroatoms. The van der Waals surface area contributed by atoms with Crippen molar-refractivity contribution in [1.29, 1.82) is 0 Å². The zero-order valence-corrected chi connectivity index (χ0v) is 14.3. The molecule has 1 aromatic heterocycles. The first-order valence-electron chi connectivity index (χ1n) is 8.32. The minimum absolute atomic E-state index is 0.0337. The number of hydrogen-bond acceptors (Lipinski definition) is 6. The third-order valence-electron chi connectivity index (χ3n) is 4.06. The largest absolute Gasteiger partial charge is 0.323 e. The fourth-order valence-corrected chi connectivity index (χ4v) is 2.59. The first-order chi connectivity index (χ1) is 12.2. The molecule has 1 aromatic carbocycles. The summed E-state index contributed by atoms with van der Waals surface area (Å²) >= 11 is 0. The summed E-state index contributed by atoms with van der Waals surface area (Å²) in [5.74, 6) is -0.0337. The fraction of sp³-hybridized carbons (Fsp3) is 0.333. The number of anilines is 1. The maximum Gasteiger partial charge on any atom is 0.238 e. The summed E-state index contributed by atoms with van der Waals surface area (Å²) in [6, 6.07) is 11.0. The summed E-state index contributed by atoms with van der Waals surface area (Å²) < 4.78 is 0. The molecule has 1 amide bonds. The van der Waals surface area contributed by atoms with Crippen LogP contribution in [0.1, 0.15) is 0 Å². The van der Waals surface area contributed by atoms with Crippen LogP contribution in [0.3, 0.4) is 0 Å². The molecule has 1 saturated heterocycles. The van der Waals surface area contributed by atoms with Crippen LogP contribution in [0.15, 0.2) is 59.0 Å². The van der Waals surface area contributed by atoms with Crippen LogP contribution in [0.5, 0.6) is 0 Å². The molecule has 0 aliphatic carbocycles. The summed E-state index contributed by atoms with van der Waals surface area (Å²) in [6.45, 7) is 4.19. The molecule has 0 spiro atoms. The number of amides is 1. The van der Waals surface area contributed by atoms with Crippen LogP contribution in [0.2, 0.25) is 0 Å². The van der Waals surface area contributed by atoms with E-state index in [0.29, 0.717) is 23.6 Å². The number of likely N-dealkylation sites (N-methyl/N-ethyl adjacent to an activating group) is 1. The molecule has 7 nitrogen and oxygen atoms in total. The van der Waals surface area contributed by atoms with Gasteiger partial charge in [-0.15, -0.1) is 10.2 Å². The molecule has 1 aliphatic heterocycles. The molecular weight excluding hydrogens is 316 g/mol. The topological polar surface area (TPSA) is 73.2 Å². The Balaban J connectivity index is 1.62. The summed E-state index contributed by atoms with van der Waals surface area (Å²) in [6.07, 6.45) is 3.32. The van der Waals surface area contributed by atoms with Crippen molar-refractivity contribution in [3.05, 3.63) is 48.8 Å². The number of nitrogens with one attached hydrogen (secondary N) is 1. The minimum atomic E-state index is -0.0337. The van der Waals surface area contributed by atoms with Crippen molar-refractivity contribution in [1.82, 2.24) is 14.8 Å². The SMILES string of the molecule is CN1CCN(CC(=O)Nc2ccccc2N=Nc2cccnc2)CC1. The molecule has 2 heterocycles. The van der Waals surface area contributed by atoms with Gasteiger partial charge in [0.1, 0.15) is 11.4 Å². The average Bonchev–Trinajstić information content (AvgIpc) is 2.64. The number of nitrogens with zero attached hydrogens (tertiary/aromatic N) is 5. The normalized spacial score (nSPS) is 16.2. The van der Waals surface area contributed by atoms with E-state index in [4.69, 9.17) is 0 Å². The predicted octanol–water partition coefficient (Wildman–Crippen LogP) is 2.68. The highest BCUT2D eigenvalue weighted by atomic mass is 16.2. The number of piperazine rings is 1. The van der Waals surface area contributed by atoms with E-state index in [-0.39, 0.29) is 5.91 Å². The van der Waals surface area contributed by atoms with Crippen LogP contribution in [0, 0.1) is 0 Å². The van der Waals surface area contributed by atoms with Gasteiger partial charge < -0.3 is 10.2 Å². The van der Waals surface area contributed by atoms with E-state index in [2.05, 4.69) is 37.4 Å². The monoisotopic (exact) mass is 338 g/mol. The lowest BCUT2D eigenvalue weighted by Gasteiger charge is -2.31. The average molecular weight is 338 g/mol. The number of para-hydroxylation sites is 1. The first-order valence-corrected chi connectivity index (χ1v) is 8.32. The third kappa shape index (κ3) is 5.17. The number of rotatable bonds is 5. The second-order valence-corrected chi connectivity index (χ2v) is 6.06. The summed E-state index contributed by atoms with van der Waals surface area (Å²) in [4.78, 5) is 20.8. The summed E-state index contributed by atoms with van der Waals surface area (Å²) in [7, 11) is 2.10. The maximum atomic E-state index is 12.3. The van der Waals surface area contributed by atoms with Crippen LogP contribution >= 0.6 is 0 Å². The highest BCUT2D eigenvalue weighted by molar-refractivity contribution is 5.94. The van der Waals surface area contributed by atoms with Gasteiger partial charge in [0, 0.05) is 32.4 Å². The van der Waals surface area contributed by atoms with Crippen molar-refractivity contribution in [2.75, 3.05) is 45.1 Å². The quantitative estimate of drug-likeness (QED) is 0.851. The van der Waals surface area contributed by atoms with Crippen LogP contribution in [0.4, 0.5) is 17.1 Å². The van der Waals surface area contributed by atoms with Crippen molar-refractivity contribution in [2.45, 2.75) is 0 Å². The van der Waals surface area contributed by atoms with E-state index in [1.165, 1.54) is 0 Å². The fourth-order valence-electron chi connectivity index (χ4n) is 2.59. The summed E-state index contributed by atoms with van der Waals surface area (Å²) in [5.41, 5.74) is 1.95. The van der Waals surface area contributed by atoms with Crippen LogP contribution in [0.25, 0.3) is 0 Å². The van der Waals surface area contributed by atoms with Gasteiger partial charge in [0.2, 0.25) is 5.91 Å². The van der Waals surface area contributed by atoms with E-state index in [0.717, 1.165) is 26.2 Å². The smallest absolute Gasteiger partial charge is 0.238 e. The van der Waals surface area contributed by atoms with E-state index >= 15 is 0 Å². The van der Waals surface area contributed by atoms with Crippen LogP contribution < -0.4 is 5.32 Å². The highest BCUT2D eigenvalue weighted by Gasteiger charge is 2.17. The zero-order chi connectivity index (χ0) is 17.5. The highest BCUT2D eigenvalue weighted by Crippen LogP contribution is 2.26. The molecule has 0 bridgehead atoms. The Morgan fingerprint density at radius 3 is 2.68 bits per heavy atom. The van der Waals surface area contributed by atoms with E-state index in [9.17, 15) is 4.79 Å².